The van der Waals surface area contributed by atoms with Crippen LogP contribution >= 0.6 is 0 Å². The summed E-state index contributed by atoms with van der Waals surface area (Å²) < 4.78 is 6.95. The van der Waals surface area contributed by atoms with Crippen molar-refractivity contribution >= 4 is 24.1 Å². The van der Waals surface area contributed by atoms with Crippen LogP contribution in [0.2, 0.25) is 0 Å². The zero-order chi connectivity index (χ0) is 28.0. The van der Waals surface area contributed by atoms with E-state index in [1.54, 1.807) is 41.4 Å². The van der Waals surface area contributed by atoms with E-state index in [0.29, 0.717) is 38.0 Å². The van der Waals surface area contributed by atoms with Gasteiger partial charge in [-0.1, -0.05) is 35.5 Å². The van der Waals surface area contributed by atoms with Gasteiger partial charge in [0.2, 0.25) is 11.8 Å². The summed E-state index contributed by atoms with van der Waals surface area (Å²) in [5.74, 6) is -0.156. The van der Waals surface area contributed by atoms with Gasteiger partial charge in [-0.15, -0.1) is 5.10 Å². The molecule has 2 N–H and O–H groups in total. The van der Waals surface area contributed by atoms with Gasteiger partial charge < -0.3 is 25.3 Å². The van der Waals surface area contributed by atoms with Gasteiger partial charge in [-0.2, -0.15) is 0 Å². The van der Waals surface area contributed by atoms with Gasteiger partial charge in [0.15, 0.2) is 0 Å². The second-order valence-electron chi connectivity index (χ2n) is 11.2. The van der Waals surface area contributed by atoms with Crippen LogP contribution in [0.1, 0.15) is 70.2 Å². The number of rotatable bonds is 9. The Morgan fingerprint density at radius 1 is 1.18 bits per heavy atom. The summed E-state index contributed by atoms with van der Waals surface area (Å²) in [7, 11) is 0. The fourth-order valence-corrected chi connectivity index (χ4v) is 5.23. The fourth-order valence-electron chi connectivity index (χ4n) is 5.23. The van der Waals surface area contributed by atoms with Crippen molar-refractivity contribution in [3.8, 4) is 0 Å². The number of ether oxygens (including phenoxy) is 1. The molecule has 11 heteroatoms. The Labute approximate surface area is 229 Å². The minimum absolute atomic E-state index is 0.0516. The van der Waals surface area contributed by atoms with Crippen LogP contribution in [0.15, 0.2) is 36.5 Å². The first kappa shape index (κ1) is 28.3. The van der Waals surface area contributed by atoms with E-state index < -0.39 is 17.7 Å². The van der Waals surface area contributed by atoms with Crippen molar-refractivity contribution in [1.29, 1.82) is 5.41 Å². The molecule has 2 aliphatic rings. The van der Waals surface area contributed by atoms with E-state index in [-0.39, 0.29) is 30.4 Å². The number of nitrogens with one attached hydrogen (secondary N) is 2. The van der Waals surface area contributed by atoms with Gasteiger partial charge in [-0.05, 0) is 52.0 Å². The minimum atomic E-state index is -0.604. The first-order chi connectivity index (χ1) is 18.6. The van der Waals surface area contributed by atoms with Crippen LogP contribution in [-0.2, 0) is 27.3 Å². The molecular formula is C28H39N7O4. The summed E-state index contributed by atoms with van der Waals surface area (Å²) in [6, 6.07) is 9.00. The zero-order valence-corrected chi connectivity index (χ0v) is 23.0. The van der Waals surface area contributed by atoms with E-state index in [2.05, 4.69) is 15.6 Å². The number of likely N-dealkylation sites (tertiary alicyclic amines) is 2. The van der Waals surface area contributed by atoms with Crippen LogP contribution in [0, 0.1) is 5.41 Å². The van der Waals surface area contributed by atoms with Gasteiger partial charge in [0.05, 0.1) is 24.8 Å². The molecule has 4 rings (SSSR count). The lowest BCUT2D eigenvalue weighted by molar-refractivity contribution is -0.143. The molecule has 0 radical (unpaired) electrons. The number of carbonyl (C=O) groups excluding carboxylic acids is 3. The van der Waals surface area contributed by atoms with Crippen LogP contribution in [-0.4, -0.2) is 79.7 Å². The Kier molecular flexibility index (Phi) is 8.98. The highest BCUT2D eigenvalue weighted by Crippen LogP contribution is 2.31. The maximum Gasteiger partial charge on any atom is 0.407 e. The molecule has 2 saturated heterocycles. The number of aromatic nitrogens is 3. The smallest absolute Gasteiger partial charge is 0.407 e. The third kappa shape index (κ3) is 7.42. The molecule has 3 atom stereocenters. The third-order valence-electron chi connectivity index (χ3n) is 7.10. The van der Waals surface area contributed by atoms with E-state index in [9.17, 15) is 14.4 Å². The number of nitrogens with zero attached hydrogens (tertiary/aromatic N) is 5. The van der Waals surface area contributed by atoms with Crippen LogP contribution in [0.5, 0.6) is 0 Å². The molecule has 0 saturated carbocycles. The molecule has 1 aromatic carbocycles. The standard InChI is InChI=1S/C28H39N7O4/c1-28(2,3)39-27(38)30-17-21-18-35(32-31-21)23-15-24(26(37)33-14-8-12-22(33)16-29)34(19-23)25(36)13-7-11-20-9-5-4-6-10-20/h4-6,9-10,16,18,22-24,29H,7-8,11-15,17,19H2,1-3H3,(H,30,38)/t22-,23-,24-/m0/s1. The largest absolute Gasteiger partial charge is 0.444 e. The molecule has 0 spiro atoms. The second-order valence-corrected chi connectivity index (χ2v) is 11.2. The quantitative estimate of drug-likeness (QED) is 0.472. The van der Waals surface area contributed by atoms with E-state index in [4.69, 9.17) is 10.1 Å². The predicted molar refractivity (Wildman–Crippen MR) is 145 cm³/mol. The highest BCUT2D eigenvalue weighted by molar-refractivity contribution is 5.90. The highest BCUT2D eigenvalue weighted by Gasteiger charge is 2.44. The molecule has 3 heterocycles. The van der Waals surface area contributed by atoms with Gasteiger partial charge in [-0.3, -0.25) is 9.59 Å². The lowest BCUT2D eigenvalue weighted by Gasteiger charge is -2.30. The van der Waals surface area contributed by atoms with Crippen molar-refractivity contribution in [2.75, 3.05) is 13.1 Å². The average Bonchev–Trinajstić information content (AvgIpc) is 3.66. The van der Waals surface area contributed by atoms with Crippen molar-refractivity contribution in [3.63, 3.8) is 0 Å². The van der Waals surface area contributed by atoms with Crippen molar-refractivity contribution in [2.24, 2.45) is 0 Å². The summed E-state index contributed by atoms with van der Waals surface area (Å²) >= 11 is 0. The minimum Gasteiger partial charge on any atom is -0.444 e. The van der Waals surface area contributed by atoms with Crippen LogP contribution in [0.4, 0.5) is 4.79 Å². The van der Waals surface area contributed by atoms with Gasteiger partial charge in [-0.25, -0.2) is 9.48 Å². The van der Waals surface area contributed by atoms with Crippen molar-refractivity contribution in [2.45, 2.75) is 89.6 Å². The lowest BCUT2D eigenvalue weighted by Crippen LogP contribution is -2.49. The zero-order valence-electron chi connectivity index (χ0n) is 23.0. The Balaban J connectivity index is 1.42. The monoisotopic (exact) mass is 537 g/mol. The third-order valence-corrected chi connectivity index (χ3v) is 7.10. The van der Waals surface area contributed by atoms with Crippen molar-refractivity contribution < 1.29 is 19.1 Å². The number of hydrogen-bond acceptors (Lipinski definition) is 7. The molecule has 0 aliphatic carbocycles. The van der Waals surface area contributed by atoms with Gasteiger partial charge >= 0.3 is 6.09 Å². The number of amides is 3. The number of alkyl carbamates (subject to hydrolysis) is 1. The fraction of sp³-hybridized carbons (Fsp3) is 0.571. The summed E-state index contributed by atoms with van der Waals surface area (Å²) in [6.07, 6.45) is 6.41. The number of hydrogen-bond donors (Lipinski definition) is 2. The molecule has 2 fully saturated rings. The molecular weight excluding hydrogens is 498 g/mol. The van der Waals surface area contributed by atoms with Crippen LogP contribution < -0.4 is 5.32 Å². The molecule has 1 aromatic heterocycles. The summed E-state index contributed by atoms with van der Waals surface area (Å²) in [4.78, 5) is 42.4. The number of benzene rings is 1. The predicted octanol–water partition coefficient (Wildman–Crippen LogP) is 3.11. The Bertz CT molecular complexity index is 1160. The lowest BCUT2D eigenvalue weighted by atomic mass is 10.1. The van der Waals surface area contributed by atoms with E-state index in [1.165, 1.54) is 11.8 Å². The Morgan fingerprint density at radius 2 is 1.95 bits per heavy atom. The second kappa shape index (κ2) is 12.4. The highest BCUT2D eigenvalue weighted by atomic mass is 16.6. The Morgan fingerprint density at radius 3 is 2.67 bits per heavy atom. The summed E-state index contributed by atoms with van der Waals surface area (Å²) in [5.41, 5.74) is 1.13. The number of carbonyl (C=O) groups is 3. The van der Waals surface area contributed by atoms with E-state index >= 15 is 0 Å². The van der Waals surface area contributed by atoms with Crippen LogP contribution in [0.25, 0.3) is 0 Å². The molecule has 0 bridgehead atoms. The first-order valence-electron chi connectivity index (χ1n) is 13.7. The van der Waals surface area contributed by atoms with Gasteiger partial charge in [0.25, 0.3) is 0 Å². The normalized spacial score (nSPS) is 21.2. The maximum absolute atomic E-state index is 13.6. The van der Waals surface area contributed by atoms with E-state index in [0.717, 1.165) is 19.3 Å². The average molecular weight is 538 g/mol. The molecule has 11 nitrogen and oxygen atoms in total. The van der Waals surface area contributed by atoms with Gasteiger partial charge in [0.1, 0.15) is 17.3 Å². The van der Waals surface area contributed by atoms with Gasteiger partial charge in [0, 0.05) is 32.1 Å². The molecule has 210 valence electrons. The van der Waals surface area contributed by atoms with E-state index in [1.807, 2.05) is 30.3 Å². The molecule has 3 amide bonds. The van der Waals surface area contributed by atoms with Crippen molar-refractivity contribution in [3.05, 3.63) is 47.8 Å². The molecule has 39 heavy (non-hydrogen) atoms. The number of aryl methyl sites for hydroxylation is 1. The summed E-state index contributed by atoms with van der Waals surface area (Å²) in [5, 5.41) is 18.8. The summed E-state index contributed by atoms with van der Waals surface area (Å²) in [6.45, 7) is 6.48. The topological polar surface area (TPSA) is 134 Å². The van der Waals surface area contributed by atoms with Crippen LogP contribution in [0.3, 0.4) is 0 Å². The SMILES string of the molecule is CC(C)(C)OC(=O)NCc1cn([C@H]2C[C@@H](C(=O)N3CCC[C@H]3C=N)N(C(=O)CCCc3ccccc3)C2)nn1. The Hall–Kier alpha value is -3.76. The molecule has 2 aromatic rings. The molecule has 0 unspecified atom stereocenters. The van der Waals surface area contributed by atoms with Crippen molar-refractivity contribution in [1.82, 2.24) is 30.1 Å². The first-order valence-corrected chi connectivity index (χ1v) is 13.7. The maximum atomic E-state index is 13.6. The molecule has 2 aliphatic heterocycles.